The summed E-state index contributed by atoms with van der Waals surface area (Å²) in [7, 11) is 0. The summed E-state index contributed by atoms with van der Waals surface area (Å²) < 4.78 is 0. The highest BCUT2D eigenvalue weighted by Crippen LogP contribution is 2.19. The van der Waals surface area contributed by atoms with Gasteiger partial charge in [-0.2, -0.15) is 5.10 Å². The molecular formula is C9H10ClN5. The first-order chi connectivity index (χ1) is 7.25. The maximum absolute atomic E-state index is 5.73. The van der Waals surface area contributed by atoms with Crippen molar-refractivity contribution in [2.75, 3.05) is 11.1 Å². The topological polar surface area (TPSA) is 79.6 Å². The molecule has 0 saturated heterocycles. The minimum absolute atomic E-state index is 0.529. The second kappa shape index (κ2) is 4.18. The number of pyridine rings is 1. The fraction of sp³-hybridized carbons (Fsp3) is 0.111. The van der Waals surface area contributed by atoms with Crippen LogP contribution in [0.25, 0.3) is 0 Å². The summed E-state index contributed by atoms with van der Waals surface area (Å²) in [5, 5.41) is 10.2. The average molecular weight is 224 g/mol. The molecule has 0 aromatic carbocycles. The summed E-state index contributed by atoms with van der Waals surface area (Å²) >= 11 is 5.73. The summed E-state index contributed by atoms with van der Waals surface area (Å²) in [6.45, 7) is 0.620. The van der Waals surface area contributed by atoms with Gasteiger partial charge in [-0.25, -0.2) is 4.98 Å². The number of nitrogens with two attached hydrogens (primary N) is 1. The van der Waals surface area contributed by atoms with Crippen LogP contribution >= 0.6 is 11.6 Å². The third kappa shape index (κ3) is 2.38. The van der Waals surface area contributed by atoms with Gasteiger partial charge in [0.2, 0.25) is 0 Å². The average Bonchev–Trinajstić information content (AvgIpc) is 2.69. The SMILES string of the molecule is Nc1cc(Cl)cnc1NCc1cn[nH]c1. The van der Waals surface area contributed by atoms with Crippen LogP contribution in [0.4, 0.5) is 11.5 Å². The van der Waals surface area contributed by atoms with Crippen LogP contribution in [0.15, 0.2) is 24.7 Å². The first-order valence-corrected chi connectivity index (χ1v) is 4.76. The fourth-order valence-corrected chi connectivity index (χ4v) is 1.33. The maximum atomic E-state index is 5.73. The molecule has 0 aliphatic rings. The number of aromatic amines is 1. The summed E-state index contributed by atoms with van der Waals surface area (Å²) in [5.74, 6) is 0.626. The lowest BCUT2D eigenvalue weighted by molar-refractivity contribution is 1.09. The van der Waals surface area contributed by atoms with E-state index in [0.29, 0.717) is 23.1 Å². The number of hydrogen-bond donors (Lipinski definition) is 3. The molecule has 0 aliphatic carbocycles. The zero-order valence-corrected chi connectivity index (χ0v) is 8.62. The molecule has 0 amide bonds. The summed E-state index contributed by atoms with van der Waals surface area (Å²) in [4.78, 5) is 4.08. The summed E-state index contributed by atoms with van der Waals surface area (Å²) in [6, 6.07) is 1.66. The molecule has 15 heavy (non-hydrogen) atoms. The van der Waals surface area contributed by atoms with Crippen LogP contribution in [0.3, 0.4) is 0 Å². The minimum atomic E-state index is 0.529. The Morgan fingerprint density at radius 1 is 1.47 bits per heavy atom. The zero-order valence-electron chi connectivity index (χ0n) is 7.87. The standard InChI is InChI=1S/C9H10ClN5/c10-7-1-8(11)9(13-5-7)12-2-6-3-14-15-4-6/h1,3-5H,2,11H2,(H,12,13)(H,14,15). The molecule has 0 atom stereocenters. The van der Waals surface area contributed by atoms with Crippen molar-refractivity contribution in [3.05, 3.63) is 35.2 Å². The van der Waals surface area contributed by atoms with Crippen molar-refractivity contribution in [2.45, 2.75) is 6.54 Å². The largest absolute Gasteiger partial charge is 0.396 e. The van der Waals surface area contributed by atoms with E-state index in [1.165, 1.54) is 0 Å². The normalized spacial score (nSPS) is 10.2. The van der Waals surface area contributed by atoms with Gasteiger partial charge in [-0.05, 0) is 6.07 Å². The number of hydrogen-bond acceptors (Lipinski definition) is 4. The van der Waals surface area contributed by atoms with Gasteiger partial charge in [0.1, 0.15) is 5.82 Å². The third-order valence-corrected chi connectivity index (χ3v) is 2.11. The lowest BCUT2D eigenvalue weighted by atomic mass is 10.3. The van der Waals surface area contributed by atoms with Gasteiger partial charge in [-0.1, -0.05) is 11.6 Å². The van der Waals surface area contributed by atoms with E-state index in [-0.39, 0.29) is 0 Å². The molecule has 0 saturated carbocycles. The minimum Gasteiger partial charge on any atom is -0.396 e. The van der Waals surface area contributed by atoms with Crippen LogP contribution in [-0.4, -0.2) is 15.2 Å². The maximum Gasteiger partial charge on any atom is 0.149 e. The molecule has 0 bridgehead atoms. The number of nitrogen functional groups attached to an aromatic ring is 1. The molecule has 4 N–H and O–H groups in total. The molecule has 5 nitrogen and oxygen atoms in total. The van der Waals surface area contributed by atoms with Crippen molar-refractivity contribution < 1.29 is 0 Å². The smallest absolute Gasteiger partial charge is 0.149 e. The van der Waals surface area contributed by atoms with Gasteiger partial charge in [0.25, 0.3) is 0 Å². The van der Waals surface area contributed by atoms with Crippen LogP contribution in [0, 0.1) is 0 Å². The predicted molar refractivity (Wildman–Crippen MR) is 59.6 cm³/mol. The van der Waals surface area contributed by atoms with Crippen LogP contribution in [0.2, 0.25) is 5.02 Å². The van der Waals surface area contributed by atoms with Gasteiger partial charge in [0.15, 0.2) is 0 Å². The molecule has 0 aliphatic heterocycles. The molecule has 0 fully saturated rings. The Kier molecular flexibility index (Phi) is 2.73. The van der Waals surface area contributed by atoms with Crippen molar-refractivity contribution in [1.29, 1.82) is 0 Å². The Hall–Kier alpha value is -1.75. The monoisotopic (exact) mass is 223 g/mol. The van der Waals surface area contributed by atoms with Gasteiger partial charge in [-0.15, -0.1) is 0 Å². The van der Waals surface area contributed by atoms with Crippen molar-refractivity contribution in [3.8, 4) is 0 Å². The first kappa shape index (κ1) is 9.79. The van der Waals surface area contributed by atoms with E-state index < -0.39 is 0 Å². The van der Waals surface area contributed by atoms with E-state index in [0.717, 1.165) is 5.56 Å². The second-order valence-electron chi connectivity index (χ2n) is 3.05. The van der Waals surface area contributed by atoms with Gasteiger partial charge in [0, 0.05) is 24.5 Å². The Balaban J connectivity index is 2.05. The van der Waals surface area contributed by atoms with Gasteiger partial charge < -0.3 is 11.1 Å². The van der Waals surface area contributed by atoms with Gasteiger partial charge >= 0.3 is 0 Å². The van der Waals surface area contributed by atoms with E-state index in [2.05, 4.69) is 20.5 Å². The Morgan fingerprint density at radius 3 is 3.00 bits per heavy atom. The number of rotatable bonds is 3. The third-order valence-electron chi connectivity index (χ3n) is 1.90. The predicted octanol–water partition coefficient (Wildman–Crippen LogP) is 1.65. The molecule has 78 valence electrons. The fourth-order valence-electron chi connectivity index (χ4n) is 1.16. The summed E-state index contributed by atoms with van der Waals surface area (Å²) in [5.41, 5.74) is 7.29. The molecule has 0 radical (unpaired) electrons. The van der Waals surface area contributed by atoms with Crippen molar-refractivity contribution in [3.63, 3.8) is 0 Å². The van der Waals surface area contributed by atoms with Crippen molar-refractivity contribution in [2.24, 2.45) is 0 Å². The molecule has 2 aromatic rings. The number of anilines is 2. The molecule has 2 heterocycles. The summed E-state index contributed by atoms with van der Waals surface area (Å²) in [6.07, 6.45) is 5.09. The molecule has 0 spiro atoms. The van der Waals surface area contributed by atoms with E-state index in [1.807, 2.05) is 0 Å². The molecule has 6 heteroatoms. The number of nitrogens with one attached hydrogen (secondary N) is 2. The molecule has 0 unspecified atom stereocenters. The molecular weight excluding hydrogens is 214 g/mol. The Labute approximate surface area is 91.7 Å². The van der Waals surface area contributed by atoms with Crippen LogP contribution in [0.5, 0.6) is 0 Å². The van der Waals surface area contributed by atoms with E-state index >= 15 is 0 Å². The van der Waals surface area contributed by atoms with Crippen LogP contribution in [-0.2, 0) is 6.54 Å². The van der Waals surface area contributed by atoms with Crippen molar-refractivity contribution >= 4 is 23.1 Å². The van der Waals surface area contributed by atoms with Crippen LogP contribution < -0.4 is 11.1 Å². The van der Waals surface area contributed by atoms with Crippen molar-refractivity contribution in [1.82, 2.24) is 15.2 Å². The second-order valence-corrected chi connectivity index (χ2v) is 3.49. The van der Waals surface area contributed by atoms with E-state index in [4.69, 9.17) is 17.3 Å². The number of halogens is 1. The molecule has 2 aromatic heterocycles. The highest BCUT2D eigenvalue weighted by Gasteiger charge is 2.01. The first-order valence-electron chi connectivity index (χ1n) is 4.38. The van der Waals surface area contributed by atoms with Crippen LogP contribution in [0.1, 0.15) is 5.56 Å². The quantitative estimate of drug-likeness (QED) is 0.739. The highest BCUT2D eigenvalue weighted by molar-refractivity contribution is 6.30. The number of H-pyrrole nitrogens is 1. The lowest BCUT2D eigenvalue weighted by Gasteiger charge is -2.06. The number of aromatic nitrogens is 3. The van der Waals surface area contributed by atoms with E-state index in [9.17, 15) is 0 Å². The zero-order chi connectivity index (χ0) is 10.7. The molecule has 2 rings (SSSR count). The van der Waals surface area contributed by atoms with Gasteiger partial charge in [-0.3, -0.25) is 5.10 Å². The van der Waals surface area contributed by atoms with E-state index in [1.54, 1.807) is 24.7 Å². The Bertz CT molecular complexity index is 440. The highest BCUT2D eigenvalue weighted by atomic mass is 35.5. The Morgan fingerprint density at radius 2 is 2.33 bits per heavy atom. The number of nitrogens with zero attached hydrogens (tertiary/aromatic N) is 2. The lowest BCUT2D eigenvalue weighted by Crippen LogP contribution is -2.03. The van der Waals surface area contributed by atoms with Gasteiger partial charge in [0.05, 0.1) is 16.9 Å².